The Bertz CT molecular complexity index is 1320. The molecule has 0 amide bonds. The van der Waals surface area contributed by atoms with Crippen molar-refractivity contribution in [3.8, 4) is 45.6 Å². The van der Waals surface area contributed by atoms with E-state index in [-0.39, 0.29) is 0 Å². The zero-order chi connectivity index (χ0) is 28.5. The number of aryl methyl sites for hydroxylation is 4. The van der Waals surface area contributed by atoms with Gasteiger partial charge >= 0.3 is 0 Å². The lowest BCUT2D eigenvalue weighted by Crippen LogP contribution is -2.01. The largest absolute Gasteiger partial charge is 0.497 e. The third-order valence-electron chi connectivity index (χ3n) is 7.19. The van der Waals surface area contributed by atoms with E-state index in [1.165, 1.54) is 22.3 Å². The Morgan fingerprint density at radius 2 is 0.775 bits per heavy atom. The van der Waals surface area contributed by atoms with Gasteiger partial charge in [0.05, 0.1) is 42.7 Å². The molecule has 0 saturated carbocycles. The van der Waals surface area contributed by atoms with E-state index in [0.717, 1.165) is 71.3 Å². The normalized spacial score (nSPS) is 10.7. The fourth-order valence-electron chi connectivity index (χ4n) is 4.93. The van der Waals surface area contributed by atoms with Crippen LogP contribution in [0.15, 0.2) is 72.8 Å². The molecule has 0 saturated heterocycles. The van der Waals surface area contributed by atoms with Crippen LogP contribution in [0.5, 0.6) is 34.5 Å². The molecule has 0 aliphatic heterocycles. The molecule has 0 aromatic heterocycles. The maximum absolute atomic E-state index is 5.64. The Morgan fingerprint density at radius 3 is 1.12 bits per heavy atom. The summed E-state index contributed by atoms with van der Waals surface area (Å²) in [7, 11) is 10.0. The molecule has 0 radical (unpaired) electrons. The van der Waals surface area contributed by atoms with Gasteiger partial charge in [-0.2, -0.15) is 0 Å². The maximum atomic E-state index is 5.64. The zero-order valence-corrected chi connectivity index (χ0v) is 24.2. The van der Waals surface area contributed by atoms with Gasteiger partial charge in [0.2, 0.25) is 0 Å². The number of benzene rings is 4. The molecule has 0 heterocycles. The van der Waals surface area contributed by atoms with Crippen molar-refractivity contribution >= 4 is 0 Å². The Kier molecular flexibility index (Phi) is 9.79. The van der Waals surface area contributed by atoms with Gasteiger partial charge in [0.25, 0.3) is 0 Å². The summed E-state index contributed by atoms with van der Waals surface area (Å²) in [6.45, 7) is 0. The van der Waals surface area contributed by atoms with Crippen molar-refractivity contribution in [1.29, 1.82) is 0 Å². The number of methoxy groups -OCH3 is 6. The van der Waals surface area contributed by atoms with Gasteiger partial charge in [0.1, 0.15) is 11.5 Å². The van der Waals surface area contributed by atoms with Crippen molar-refractivity contribution in [3.05, 3.63) is 95.1 Å². The molecule has 0 fully saturated rings. The Labute approximate surface area is 237 Å². The van der Waals surface area contributed by atoms with E-state index in [2.05, 4.69) is 36.4 Å². The minimum absolute atomic E-state index is 0.729. The second-order valence-corrected chi connectivity index (χ2v) is 9.42. The van der Waals surface area contributed by atoms with Crippen LogP contribution in [0, 0.1) is 0 Å². The van der Waals surface area contributed by atoms with Crippen LogP contribution >= 0.6 is 0 Å². The van der Waals surface area contributed by atoms with Crippen LogP contribution in [0.1, 0.15) is 22.3 Å². The molecule has 0 aliphatic carbocycles. The average Bonchev–Trinajstić information content (AvgIpc) is 3.02. The molecule has 6 heteroatoms. The third kappa shape index (κ3) is 6.63. The highest BCUT2D eigenvalue weighted by Gasteiger charge is 2.15. The van der Waals surface area contributed by atoms with Crippen LogP contribution in [-0.2, 0) is 25.7 Å². The smallest absolute Gasteiger partial charge is 0.160 e. The number of hydrogen-bond donors (Lipinski definition) is 0. The molecule has 0 unspecified atom stereocenters. The lowest BCUT2D eigenvalue weighted by atomic mass is 9.89. The fraction of sp³-hybridized carbons (Fsp3) is 0.294. The zero-order valence-electron chi connectivity index (χ0n) is 24.2. The van der Waals surface area contributed by atoms with Crippen LogP contribution in [0.25, 0.3) is 11.1 Å². The standard InChI is InChI=1S/C34H38O6/c1-35-27-15-13-25(11-7-23-9-17-31(37-3)33(19-23)39-5)29(21-27)30-22-28(36-2)16-14-26(30)12-8-24-10-18-32(38-4)34(20-24)40-6/h9-10,13-22H,7-8,11-12H2,1-6H3. The highest BCUT2D eigenvalue weighted by Crippen LogP contribution is 2.36. The van der Waals surface area contributed by atoms with Crippen LogP contribution in [0.4, 0.5) is 0 Å². The van der Waals surface area contributed by atoms with Crippen molar-refractivity contribution < 1.29 is 28.4 Å². The molecular weight excluding hydrogens is 504 g/mol. The van der Waals surface area contributed by atoms with Crippen molar-refractivity contribution in [2.45, 2.75) is 25.7 Å². The van der Waals surface area contributed by atoms with E-state index in [0.29, 0.717) is 0 Å². The summed E-state index contributed by atoms with van der Waals surface area (Å²) >= 11 is 0. The summed E-state index contributed by atoms with van der Waals surface area (Å²) in [5.41, 5.74) is 7.10. The monoisotopic (exact) mass is 542 g/mol. The molecular formula is C34H38O6. The molecule has 0 aliphatic rings. The highest BCUT2D eigenvalue weighted by atomic mass is 16.5. The predicted octanol–water partition coefficient (Wildman–Crippen LogP) is 6.98. The summed E-state index contributed by atoms with van der Waals surface area (Å²) in [4.78, 5) is 0. The summed E-state index contributed by atoms with van der Waals surface area (Å²) < 4.78 is 33.1. The first-order valence-corrected chi connectivity index (χ1v) is 13.3. The third-order valence-corrected chi connectivity index (χ3v) is 7.19. The summed E-state index contributed by atoms with van der Waals surface area (Å²) in [5.74, 6) is 4.57. The second-order valence-electron chi connectivity index (χ2n) is 9.42. The van der Waals surface area contributed by atoms with Crippen molar-refractivity contribution in [2.24, 2.45) is 0 Å². The van der Waals surface area contributed by atoms with Crippen LogP contribution in [0.2, 0.25) is 0 Å². The lowest BCUT2D eigenvalue weighted by molar-refractivity contribution is 0.354. The van der Waals surface area contributed by atoms with Crippen molar-refractivity contribution in [3.63, 3.8) is 0 Å². The van der Waals surface area contributed by atoms with E-state index in [1.807, 2.05) is 36.4 Å². The molecule has 40 heavy (non-hydrogen) atoms. The van der Waals surface area contributed by atoms with Crippen molar-refractivity contribution in [2.75, 3.05) is 42.7 Å². The number of rotatable bonds is 13. The molecule has 0 spiro atoms. The first kappa shape index (κ1) is 28.7. The Balaban J connectivity index is 1.66. The Hall–Kier alpha value is -4.32. The van der Waals surface area contributed by atoms with E-state index in [9.17, 15) is 0 Å². The van der Waals surface area contributed by atoms with Gasteiger partial charge in [-0.25, -0.2) is 0 Å². The molecule has 210 valence electrons. The summed E-state index contributed by atoms with van der Waals surface area (Å²) in [6.07, 6.45) is 3.40. The second kappa shape index (κ2) is 13.7. The van der Waals surface area contributed by atoms with Gasteiger partial charge in [-0.3, -0.25) is 0 Å². The number of hydrogen-bond acceptors (Lipinski definition) is 6. The van der Waals surface area contributed by atoms with E-state index < -0.39 is 0 Å². The van der Waals surface area contributed by atoms with Gasteiger partial charge in [-0.15, -0.1) is 0 Å². The first-order chi connectivity index (χ1) is 19.5. The van der Waals surface area contributed by atoms with Gasteiger partial charge in [0, 0.05) is 0 Å². The Morgan fingerprint density at radius 1 is 0.375 bits per heavy atom. The molecule has 4 rings (SSSR count). The highest BCUT2D eigenvalue weighted by molar-refractivity contribution is 5.74. The van der Waals surface area contributed by atoms with Gasteiger partial charge in [-0.1, -0.05) is 24.3 Å². The minimum atomic E-state index is 0.729. The minimum Gasteiger partial charge on any atom is -0.497 e. The van der Waals surface area contributed by atoms with Gasteiger partial charge < -0.3 is 28.4 Å². The molecule has 0 N–H and O–H groups in total. The fourth-order valence-corrected chi connectivity index (χ4v) is 4.93. The molecule has 4 aromatic carbocycles. The molecule has 6 nitrogen and oxygen atoms in total. The van der Waals surface area contributed by atoms with Crippen molar-refractivity contribution in [1.82, 2.24) is 0 Å². The van der Waals surface area contributed by atoms with E-state index in [4.69, 9.17) is 28.4 Å². The molecule has 4 aromatic rings. The summed E-state index contributed by atoms with van der Waals surface area (Å²) in [6, 6.07) is 24.8. The average molecular weight is 543 g/mol. The summed E-state index contributed by atoms with van der Waals surface area (Å²) in [5, 5.41) is 0. The van der Waals surface area contributed by atoms with Crippen LogP contribution in [-0.4, -0.2) is 42.7 Å². The molecule has 0 bridgehead atoms. The van der Waals surface area contributed by atoms with Gasteiger partial charge in [-0.05, 0) is 108 Å². The number of ether oxygens (including phenoxy) is 6. The van der Waals surface area contributed by atoms with Crippen LogP contribution < -0.4 is 28.4 Å². The van der Waals surface area contributed by atoms with Gasteiger partial charge in [0.15, 0.2) is 23.0 Å². The molecule has 0 atom stereocenters. The first-order valence-electron chi connectivity index (χ1n) is 13.3. The predicted molar refractivity (Wildman–Crippen MR) is 159 cm³/mol. The van der Waals surface area contributed by atoms with E-state index in [1.54, 1.807) is 42.7 Å². The topological polar surface area (TPSA) is 55.4 Å². The van der Waals surface area contributed by atoms with Crippen LogP contribution in [0.3, 0.4) is 0 Å². The quantitative estimate of drug-likeness (QED) is 0.182. The SMILES string of the molecule is COc1ccc(CCc2ccc(OC)c(OC)c2)c(-c2cc(OC)ccc2CCc2ccc(OC)c(OC)c2)c1. The van der Waals surface area contributed by atoms with E-state index >= 15 is 0 Å². The lowest BCUT2D eigenvalue weighted by Gasteiger charge is -2.17. The maximum Gasteiger partial charge on any atom is 0.160 e.